The third kappa shape index (κ3) is 3.26. The molecule has 0 spiro atoms. The van der Waals surface area contributed by atoms with E-state index in [0.29, 0.717) is 6.04 Å². The van der Waals surface area contributed by atoms with E-state index >= 15 is 0 Å². The van der Waals surface area contributed by atoms with Crippen molar-refractivity contribution in [2.75, 3.05) is 6.54 Å². The van der Waals surface area contributed by atoms with E-state index in [0.717, 1.165) is 42.3 Å². The summed E-state index contributed by atoms with van der Waals surface area (Å²) < 4.78 is 7.85. The van der Waals surface area contributed by atoms with Crippen molar-refractivity contribution in [3.05, 3.63) is 29.8 Å². The van der Waals surface area contributed by atoms with Gasteiger partial charge in [0.2, 0.25) is 0 Å². The fourth-order valence-corrected chi connectivity index (χ4v) is 1.99. The second-order valence-corrected chi connectivity index (χ2v) is 5.14. The zero-order valence-corrected chi connectivity index (χ0v) is 12.2. The van der Waals surface area contributed by atoms with Crippen LogP contribution in [0.5, 0.6) is 0 Å². The molecule has 0 amide bonds. The number of rotatable bonds is 6. The van der Waals surface area contributed by atoms with Crippen molar-refractivity contribution in [3.8, 4) is 11.3 Å². The molecule has 19 heavy (non-hydrogen) atoms. The number of aryl methyl sites for hydroxylation is 1. The van der Waals surface area contributed by atoms with Gasteiger partial charge < -0.3 is 9.73 Å². The largest absolute Gasteiger partial charge is 0.460 e. The smallest absolute Gasteiger partial charge is 0.137 e. The van der Waals surface area contributed by atoms with Crippen LogP contribution in [0.4, 0.5) is 0 Å². The highest BCUT2D eigenvalue weighted by Gasteiger charge is 2.12. The maximum absolute atomic E-state index is 5.87. The van der Waals surface area contributed by atoms with Crippen LogP contribution in [0, 0.1) is 6.92 Å². The minimum atomic E-state index is 0.369. The van der Waals surface area contributed by atoms with Gasteiger partial charge in [0, 0.05) is 12.2 Å². The van der Waals surface area contributed by atoms with Gasteiger partial charge in [-0.3, -0.25) is 4.68 Å². The molecule has 0 bridgehead atoms. The van der Waals surface area contributed by atoms with Gasteiger partial charge in [0.15, 0.2) is 0 Å². The van der Waals surface area contributed by atoms with E-state index in [1.54, 1.807) is 0 Å². The summed E-state index contributed by atoms with van der Waals surface area (Å²) in [5.41, 5.74) is 2.09. The Morgan fingerprint density at radius 2 is 2.16 bits per heavy atom. The van der Waals surface area contributed by atoms with Gasteiger partial charge in [0.25, 0.3) is 0 Å². The fourth-order valence-electron chi connectivity index (χ4n) is 1.99. The van der Waals surface area contributed by atoms with Crippen LogP contribution in [0.25, 0.3) is 11.3 Å². The maximum atomic E-state index is 5.87. The van der Waals surface area contributed by atoms with Gasteiger partial charge in [-0.1, -0.05) is 6.92 Å². The summed E-state index contributed by atoms with van der Waals surface area (Å²) in [5, 5.41) is 7.85. The minimum Gasteiger partial charge on any atom is -0.460 e. The van der Waals surface area contributed by atoms with Crippen molar-refractivity contribution >= 4 is 0 Å². The summed E-state index contributed by atoms with van der Waals surface area (Å²) in [6.45, 7) is 10.2. The molecule has 0 atom stereocenters. The molecule has 0 saturated carbocycles. The topological polar surface area (TPSA) is 43.0 Å². The normalized spacial score (nSPS) is 11.4. The molecule has 2 heterocycles. The molecular weight excluding hydrogens is 238 g/mol. The first kappa shape index (κ1) is 13.9. The van der Waals surface area contributed by atoms with E-state index in [-0.39, 0.29) is 0 Å². The number of nitrogens with one attached hydrogen (secondary N) is 1. The third-order valence-corrected chi connectivity index (χ3v) is 3.10. The Morgan fingerprint density at radius 1 is 1.37 bits per heavy atom. The number of hydrogen-bond acceptors (Lipinski definition) is 3. The Labute approximate surface area is 114 Å². The van der Waals surface area contributed by atoms with Gasteiger partial charge in [-0.25, -0.2) is 0 Å². The lowest BCUT2D eigenvalue weighted by Gasteiger charge is -2.02. The highest BCUT2D eigenvalue weighted by Crippen LogP contribution is 2.25. The molecule has 2 aromatic heterocycles. The summed E-state index contributed by atoms with van der Waals surface area (Å²) in [7, 11) is 0. The highest BCUT2D eigenvalue weighted by molar-refractivity contribution is 5.59. The lowest BCUT2D eigenvalue weighted by atomic mass is 10.2. The molecule has 0 aromatic carbocycles. The number of aromatic nitrogens is 2. The van der Waals surface area contributed by atoms with Gasteiger partial charge in [-0.05, 0) is 45.9 Å². The van der Waals surface area contributed by atoms with E-state index in [1.165, 1.54) is 0 Å². The predicted octanol–water partition coefficient (Wildman–Crippen LogP) is 3.53. The lowest BCUT2D eigenvalue weighted by molar-refractivity contribution is 0.493. The monoisotopic (exact) mass is 261 g/mol. The first-order valence-electron chi connectivity index (χ1n) is 6.97. The maximum Gasteiger partial charge on any atom is 0.137 e. The molecule has 2 rings (SSSR count). The standard InChI is InChI=1S/C15H23N3O/c1-5-8-16-9-13-6-7-15(19-13)14-10-18(11(2)3)17-12(14)4/h6-7,10-11,16H,5,8-9H2,1-4H3. The van der Waals surface area contributed by atoms with Crippen LogP contribution in [-0.4, -0.2) is 16.3 Å². The van der Waals surface area contributed by atoms with Gasteiger partial charge in [0.05, 0.1) is 17.8 Å². The molecule has 4 nitrogen and oxygen atoms in total. The summed E-state index contributed by atoms with van der Waals surface area (Å²) in [6, 6.07) is 4.43. The molecule has 0 aliphatic heterocycles. The fraction of sp³-hybridized carbons (Fsp3) is 0.533. The number of hydrogen-bond donors (Lipinski definition) is 1. The van der Waals surface area contributed by atoms with Crippen LogP contribution in [0.2, 0.25) is 0 Å². The predicted molar refractivity (Wildman–Crippen MR) is 77.0 cm³/mol. The average Bonchev–Trinajstić information content (AvgIpc) is 2.96. The van der Waals surface area contributed by atoms with E-state index in [2.05, 4.69) is 37.4 Å². The molecule has 4 heteroatoms. The Bertz CT molecular complexity index is 525. The molecule has 0 saturated heterocycles. The molecule has 0 aliphatic carbocycles. The molecule has 0 radical (unpaired) electrons. The average molecular weight is 261 g/mol. The zero-order chi connectivity index (χ0) is 13.8. The van der Waals surface area contributed by atoms with E-state index in [9.17, 15) is 0 Å². The Kier molecular flexibility index (Phi) is 4.43. The lowest BCUT2D eigenvalue weighted by Crippen LogP contribution is -2.12. The molecular formula is C15H23N3O. The van der Waals surface area contributed by atoms with Crippen molar-refractivity contribution in [2.45, 2.75) is 46.7 Å². The van der Waals surface area contributed by atoms with Crippen molar-refractivity contribution in [1.82, 2.24) is 15.1 Å². The summed E-state index contributed by atoms with van der Waals surface area (Å²) in [6.07, 6.45) is 3.19. The molecule has 0 fully saturated rings. The Hall–Kier alpha value is -1.55. The van der Waals surface area contributed by atoms with Gasteiger partial charge in [-0.2, -0.15) is 5.10 Å². The van der Waals surface area contributed by atoms with Crippen LogP contribution in [0.1, 0.15) is 44.7 Å². The molecule has 2 aromatic rings. The van der Waals surface area contributed by atoms with Crippen LogP contribution in [0.15, 0.2) is 22.7 Å². The first-order chi connectivity index (χ1) is 9.11. The molecule has 0 unspecified atom stereocenters. The minimum absolute atomic E-state index is 0.369. The van der Waals surface area contributed by atoms with Crippen LogP contribution >= 0.6 is 0 Å². The Balaban J connectivity index is 2.13. The summed E-state index contributed by atoms with van der Waals surface area (Å²) in [5.74, 6) is 1.87. The van der Waals surface area contributed by atoms with Crippen molar-refractivity contribution in [3.63, 3.8) is 0 Å². The van der Waals surface area contributed by atoms with Crippen LogP contribution in [0.3, 0.4) is 0 Å². The van der Waals surface area contributed by atoms with Crippen molar-refractivity contribution in [1.29, 1.82) is 0 Å². The SMILES string of the molecule is CCCNCc1ccc(-c2cn(C(C)C)nc2C)o1. The van der Waals surface area contributed by atoms with Crippen LogP contribution in [-0.2, 0) is 6.54 Å². The van der Waals surface area contributed by atoms with Crippen molar-refractivity contribution < 1.29 is 4.42 Å². The van der Waals surface area contributed by atoms with E-state index in [1.807, 2.05) is 23.7 Å². The molecule has 104 valence electrons. The van der Waals surface area contributed by atoms with Gasteiger partial charge in [-0.15, -0.1) is 0 Å². The second-order valence-electron chi connectivity index (χ2n) is 5.14. The van der Waals surface area contributed by atoms with Crippen LogP contribution < -0.4 is 5.32 Å². The van der Waals surface area contributed by atoms with E-state index in [4.69, 9.17) is 4.42 Å². The zero-order valence-electron chi connectivity index (χ0n) is 12.2. The van der Waals surface area contributed by atoms with Gasteiger partial charge in [0.1, 0.15) is 11.5 Å². The second kappa shape index (κ2) is 6.06. The quantitative estimate of drug-likeness (QED) is 0.809. The van der Waals surface area contributed by atoms with Crippen molar-refractivity contribution in [2.24, 2.45) is 0 Å². The highest BCUT2D eigenvalue weighted by atomic mass is 16.3. The third-order valence-electron chi connectivity index (χ3n) is 3.10. The molecule has 1 N–H and O–H groups in total. The summed E-state index contributed by atoms with van der Waals surface area (Å²) in [4.78, 5) is 0. The Morgan fingerprint density at radius 3 is 2.79 bits per heavy atom. The van der Waals surface area contributed by atoms with E-state index < -0.39 is 0 Å². The first-order valence-corrected chi connectivity index (χ1v) is 6.97. The summed E-state index contributed by atoms with van der Waals surface area (Å²) >= 11 is 0. The number of furan rings is 1. The van der Waals surface area contributed by atoms with Gasteiger partial charge >= 0.3 is 0 Å². The molecule has 0 aliphatic rings. The number of nitrogens with zero attached hydrogens (tertiary/aromatic N) is 2.